The third kappa shape index (κ3) is 4.36. The number of azide groups is 1. The van der Waals surface area contributed by atoms with Crippen LogP contribution >= 0.6 is 0 Å². The lowest BCUT2D eigenvalue weighted by Gasteiger charge is -2.23. The van der Waals surface area contributed by atoms with E-state index in [1.54, 1.807) is 19.2 Å². The van der Waals surface area contributed by atoms with Gasteiger partial charge in [-0.25, -0.2) is 0 Å². The quantitative estimate of drug-likeness (QED) is 0.235. The van der Waals surface area contributed by atoms with Gasteiger partial charge in [0.05, 0.1) is 12.0 Å². The summed E-state index contributed by atoms with van der Waals surface area (Å²) in [4.78, 5) is 15.9. The Morgan fingerprint density at radius 1 is 1.37 bits per heavy atom. The van der Waals surface area contributed by atoms with Crippen molar-refractivity contribution in [3.63, 3.8) is 0 Å². The Morgan fingerprint density at radius 3 is 2.96 bits per heavy atom. The van der Waals surface area contributed by atoms with Gasteiger partial charge >= 0.3 is 0 Å². The summed E-state index contributed by atoms with van der Waals surface area (Å²) in [6, 6.07) is 12.7. The maximum absolute atomic E-state index is 11.1. The Bertz CT molecular complexity index is 879. The van der Waals surface area contributed by atoms with E-state index in [1.165, 1.54) is 6.07 Å². The van der Waals surface area contributed by atoms with Crippen molar-refractivity contribution >= 4 is 5.69 Å². The Morgan fingerprint density at radius 2 is 2.22 bits per heavy atom. The van der Waals surface area contributed by atoms with Crippen molar-refractivity contribution in [1.29, 1.82) is 0 Å². The van der Waals surface area contributed by atoms with Crippen molar-refractivity contribution in [3.8, 4) is 16.9 Å². The van der Waals surface area contributed by atoms with Crippen LogP contribution in [-0.4, -0.2) is 36.1 Å². The molecule has 0 unspecified atom stereocenters. The first-order chi connectivity index (χ1) is 13.1. The molecule has 2 aromatic rings. The molecule has 2 aromatic carbocycles. The van der Waals surface area contributed by atoms with Crippen LogP contribution in [-0.2, 0) is 6.54 Å². The van der Waals surface area contributed by atoms with Crippen molar-refractivity contribution in [3.05, 3.63) is 68.6 Å². The highest BCUT2D eigenvalue weighted by molar-refractivity contribution is 5.73. The molecule has 1 aliphatic heterocycles. The van der Waals surface area contributed by atoms with Crippen LogP contribution in [0.3, 0.4) is 0 Å². The molecule has 1 heterocycles. The van der Waals surface area contributed by atoms with Gasteiger partial charge in [0.1, 0.15) is 5.75 Å². The lowest BCUT2D eigenvalue weighted by molar-refractivity contribution is -0.384. The maximum Gasteiger partial charge on any atom is 0.270 e. The molecule has 1 atom stereocenters. The smallest absolute Gasteiger partial charge is 0.270 e. The molecule has 0 saturated carbocycles. The molecule has 27 heavy (non-hydrogen) atoms. The van der Waals surface area contributed by atoms with Crippen LogP contribution in [0.15, 0.2) is 47.6 Å². The minimum absolute atomic E-state index is 0.0499. The number of rotatable bonds is 7. The summed E-state index contributed by atoms with van der Waals surface area (Å²) in [7, 11) is 1.59. The van der Waals surface area contributed by atoms with Crippen molar-refractivity contribution in [2.45, 2.75) is 25.4 Å². The molecule has 3 rings (SSSR count). The summed E-state index contributed by atoms with van der Waals surface area (Å²) in [5.74, 6) is 0.673. The van der Waals surface area contributed by atoms with E-state index >= 15 is 0 Å². The first kappa shape index (κ1) is 18.7. The van der Waals surface area contributed by atoms with Crippen LogP contribution < -0.4 is 4.74 Å². The average molecular weight is 367 g/mol. The lowest BCUT2D eigenvalue weighted by Crippen LogP contribution is -2.31. The zero-order valence-electron chi connectivity index (χ0n) is 15.1. The lowest BCUT2D eigenvalue weighted by atomic mass is 10.0. The molecule has 0 aliphatic carbocycles. The molecule has 1 aliphatic rings. The summed E-state index contributed by atoms with van der Waals surface area (Å²) in [6.45, 7) is 2.17. The second-order valence-electron chi connectivity index (χ2n) is 6.52. The van der Waals surface area contributed by atoms with Gasteiger partial charge in [-0.05, 0) is 48.2 Å². The molecule has 0 radical (unpaired) electrons. The van der Waals surface area contributed by atoms with Crippen LogP contribution in [0.2, 0.25) is 0 Å². The van der Waals surface area contributed by atoms with E-state index in [0.717, 1.165) is 42.6 Å². The van der Waals surface area contributed by atoms with E-state index in [1.807, 2.05) is 24.3 Å². The molecule has 0 bridgehead atoms. The van der Waals surface area contributed by atoms with Gasteiger partial charge in [0.25, 0.3) is 5.69 Å². The number of nitro benzene ring substituents is 1. The fourth-order valence-electron chi connectivity index (χ4n) is 3.54. The van der Waals surface area contributed by atoms with E-state index in [-0.39, 0.29) is 11.7 Å². The minimum Gasteiger partial charge on any atom is -0.496 e. The maximum atomic E-state index is 11.1. The average Bonchev–Trinajstić information content (AvgIpc) is 3.13. The number of nitrogens with zero attached hydrogens (tertiary/aromatic N) is 5. The zero-order chi connectivity index (χ0) is 19.2. The van der Waals surface area contributed by atoms with Crippen LogP contribution in [0.25, 0.3) is 21.6 Å². The normalized spacial score (nSPS) is 16.7. The molecule has 1 fully saturated rings. The van der Waals surface area contributed by atoms with E-state index in [9.17, 15) is 10.1 Å². The predicted molar refractivity (Wildman–Crippen MR) is 103 cm³/mol. The molecular formula is C19H21N5O3. The highest BCUT2D eigenvalue weighted by Crippen LogP contribution is 2.33. The van der Waals surface area contributed by atoms with Gasteiger partial charge in [0.15, 0.2) is 0 Å². The monoisotopic (exact) mass is 367 g/mol. The number of nitro groups is 1. The Hall–Kier alpha value is -3.09. The van der Waals surface area contributed by atoms with E-state index in [0.29, 0.717) is 12.3 Å². The highest BCUT2D eigenvalue weighted by Gasteiger charge is 2.24. The number of likely N-dealkylation sites (tertiary alicyclic amines) is 1. The number of non-ortho nitro benzene ring substituents is 1. The van der Waals surface area contributed by atoms with Crippen LogP contribution in [0.4, 0.5) is 5.69 Å². The molecule has 140 valence electrons. The van der Waals surface area contributed by atoms with Gasteiger partial charge < -0.3 is 4.74 Å². The second kappa shape index (κ2) is 8.53. The first-order valence-corrected chi connectivity index (χ1v) is 8.79. The zero-order valence-corrected chi connectivity index (χ0v) is 15.1. The Balaban J connectivity index is 1.88. The second-order valence-corrected chi connectivity index (χ2v) is 6.52. The Kier molecular flexibility index (Phi) is 5.90. The van der Waals surface area contributed by atoms with Gasteiger partial charge in [-0.3, -0.25) is 15.0 Å². The third-order valence-corrected chi connectivity index (χ3v) is 4.87. The minimum atomic E-state index is -0.398. The number of ether oxygens (including phenoxy) is 1. The molecule has 1 saturated heterocycles. The van der Waals surface area contributed by atoms with Gasteiger partial charge in [0.2, 0.25) is 0 Å². The number of hydrogen-bond acceptors (Lipinski definition) is 5. The molecule has 0 N–H and O–H groups in total. The summed E-state index contributed by atoms with van der Waals surface area (Å²) in [6.07, 6.45) is 2.10. The summed E-state index contributed by atoms with van der Waals surface area (Å²) < 4.78 is 5.46. The molecule has 8 nitrogen and oxygen atoms in total. The standard InChI is InChI=1S/C19H21N5O3/c1-27-19-8-7-14(13-23-9-3-6-17(23)12-21-22-20)10-18(19)15-4-2-5-16(11-15)24(25)26/h2,4-5,7-8,10-11,17H,3,6,9,12-13H2,1H3/t17-/m0/s1. The Labute approximate surface area is 157 Å². The number of hydrogen-bond donors (Lipinski definition) is 0. The summed E-state index contributed by atoms with van der Waals surface area (Å²) in [5.41, 5.74) is 11.3. The van der Waals surface area contributed by atoms with Gasteiger partial charge in [-0.15, -0.1) is 0 Å². The molecule has 8 heteroatoms. The van der Waals surface area contributed by atoms with Crippen LogP contribution in [0.1, 0.15) is 18.4 Å². The predicted octanol–water partition coefficient (Wildman–Crippen LogP) is 4.55. The third-order valence-electron chi connectivity index (χ3n) is 4.87. The number of benzene rings is 2. The van der Waals surface area contributed by atoms with E-state index in [4.69, 9.17) is 10.3 Å². The topological polar surface area (TPSA) is 104 Å². The fraction of sp³-hybridized carbons (Fsp3) is 0.368. The van der Waals surface area contributed by atoms with E-state index < -0.39 is 4.92 Å². The highest BCUT2D eigenvalue weighted by atomic mass is 16.6. The molecule has 0 spiro atoms. The van der Waals surface area contributed by atoms with E-state index in [2.05, 4.69) is 14.9 Å². The molecule has 0 amide bonds. The van der Waals surface area contributed by atoms with Crippen molar-refractivity contribution in [1.82, 2.24) is 4.90 Å². The van der Waals surface area contributed by atoms with Gasteiger partial charge in [-0.1, -0.05) is 23.3 Å². The van der Waals surface area contributed by atoms with Gasteiger partial charge in [-0.2, -0.15) is 0 Å². The summed E-state index contributed by atoms with van der Waals surface area (Å²) >= 11 is 0. The van der Waals surface area contributed by atoms with Gasteiger partial charge in [0, 0.05) is 41.7 Å². The van der Waals surface area contributed by atoms with Crippen molar-refractivity contribution < 1.29 is 9.66 Å². The largest absolute Gasteiger partial charge is 0.496 e. The first-order valence-electron chi connectivity index (χ1n) is 8.79. The SMILES string of the molecule is COc1ccc(CN2CCC[C@H]2CN=[N+]=[N-])cc1-c1cccc([N+](=O)[O-])c1. The number of methoxy groups -OCH3 is 1. The molecule has 0 aromatic heterocycles. The van der Waals surface area contributed by atoms with Crippen molar-refractivity contribution in [2.75, 3.05) is 20.2 Å². The fourth-order valence-corrected chi connectivity index (χ4v) is 3.54. The summed E-state index contributed by atoms with van der Waals surface area (Å²) in [5, 5.41) is 14.8. The van der Waals surface area contributed by atoms with Crippen molar-refractivity contribution in [2.24, 2.45) is 5.11 Å². The molecular weight excluding hydrogens is 346 g/mol. The van der Waals surface area contributed by atoms with Crippen LogP contribution in [0.5, 0.6) is 5.75 Å². The van der Waals surface area contributed by atoms with Crippen LogP contribution in [0, 0.1) is 10.1 Å².